The van der Waals surface area contributed by atoms with E-state index in [1.807, 2.05) is 0 Å². The molecule has 0 N–H and O–H groups in total. The highest BCUT2D eigenvalue weighted by Crippen LogP contribution is 2.57. The van der Waals surface area contributed by atoms with E-state index in [-0.39, 0.29) is 0 Å². The molecule has 0 radical (unpaired) electrons. The Hall–Kier alpha value is -7.80. The van der Waals surface area contributed by atoms with Gasteiger partial charge in [-0.1, -0.05) is 212 Å². The maximum Gasteiger partial charge on any atom is -0.000696 e. The molecule has 0 bridgehead atoms. The van der Waals surface area contributed by atoms with Crippen molar-refractivity contribution in [3.63, 3.8) is 0 Å². The van der Waals surface area contributed by atoms with Crippen LogP contribution < -0.4 is 0 Å². The summed E-state index contributed by atoms with van der Waals surface area (Å²) in [5.74, 6) is 0. The summed E-state index contributed by atoms with van der Waals surface area (Å²) in [5, 5.41) is 18.3. The second-order valence-electron chi connectivity index (χ2n) is 16.2. The Labute approximate surface area is 347 Å². The zero-order valence-corrected chi connectivity index (χ0v) is 32.8. The van der Waals surface area contributed by atoms with Gasteiger partial charge in [0.25, 0.3) is 0 Å². The molecule has 0 aliphatic heterocycles. The molecule has 0 aromatic heterocycles. The summed E-state index contributed by atoms with van der Waals surface area (Å²) in [5.41, 5.74) is 12.5. The van der Waals surface area contributed by atoms with E-state index in [0.717, 1.165) is 0 Å². The summed E-state index contributed by atoms with van der Waals surface area (Å²) in [6.45, 7) is 0. The van der Waals surface area contributed by atoms with Crippen molar-refractivity contribution in [1.29, 1.82) is 0 Å². The van der Waals surface area contributed by atoms with Gasteiger partial charge in [0.2, 0.25) is 0 Å². The highest BCUT2D eigenvalue weighted by molar-refractivity contribution is 6.45. The van der Waals surface area contributed by atoms with Crippen molar-refractivity contribution < 1.29 is 0 Å². The monoisotopic (exact) mass is 756 g/mol. The molecule has 0 heteroatoms. The van der Waals surface area contributed by atoms with E-state index < -0.39 is 0 Å². The first-order valence-corrected chi connectivity index (χ1v) is 20.9. The molecular formula is C60H36. The van der Waals surface area contributed by atoms with Crippen molar-refractivity contribution in [2.75, 3.05) is 0 Å². The quantitative estimate of drug-likeness (QED) is 0.153. The van der Waals surface area contributed by atoms with Crippen LogP contribution >= 0.6 is 0 Å². The van der Waals surface area contributed by atoms with Crippen molar-refractivity contribution in [2.24, 2.45) is 0 Å². The molecule has 0 spiro atoms. The predicted molar refractivity (Wildman–Crippen MR) is 259 cm³/mol. The molecule has 0 saturated carbocycles. The summed E-state index contributed by atoms with van der Waals surface area (Å²) in [6, 6.07) is 81.3. The maximum absolute atomic E-state index is 2.55. The van der Waals surface area contributed by atoms with Gasteiger partial charge >= 0.3 is 0 Å². The van der Waals surface area contributed by atoms with Crippen LogP contribution in [0.15, 0.2) is 218 Å². The number of rotatable bonds is 5. The molecule has 276 valence electrons. The van der Waals surface area contributed by atoms with Gasteiger partial charge in [0.1, 0.15) is 0 Å². The van der Waals surface area contributed by atoms with Gasteiger partial charge in [-0.3, -0.25) is 0 Å². The number of hydrogen-bond acceptors (Lipinski definition) is 0. The lowest BCUT2D eigenvalue weighted by Crippen LogP contribution is -1.94. The molecule has 0 amide bonds. The zero-order valence-electron chi connectivity index (χ0n) is 32.8. The summed E-state index contributed by atoms with van der Waals surface area (Å²) in [6.07, 6.45) is 0. The minimum Gasteiger partial charge on any atom is -0.0622 e. The fourth-order valence-electron chi connectivity index (χ4n) is 10.8. The second-order valence-corrected chi connectivity index (χ2v) is 16.2. The van der Waals surface area contributed by atoms with Gasteiger partial charge in [-0.15, -0.1) is 0 Å². The van der Waals surface area contributed by atoms with Crippen LogP contribution in [0.5, 0.6) is 0 Å². The second kappa shape index (κ2) is 12.9. The van der Waals surface area contributed by atoms with E-state index in [1.54, 1.807) is 0 Å². The van der Waals surface area contributed by atoms with Crippen molar-refractivity contribution in [1.82, 2.24) is 0 Å². The Bertz CT molecular complexity index is 3790. The minimum atomic E-state index is 1.21. The standard InChI is InChI=1S/C60H36/c1-4-18-37(19-5-1)40-24-10-14-28-46(40)56-53-36-52-44-27-13-12-26-43(44)48-31-17-32-49(55(48)52)57(53)58(47-29-15-11-25-41(47)38-20-6-2-7-21-38)60-50-33-16-30-45-42(39-22-8-3-9-23-39)34-35-51(54(45)50)59(56)60/h1-36H. The smallest absolute Gasteiger partial charge is 0.000696 e. The molecule has 0 atom stereocenters. The molecule has 13 aromatic rings. The molecule has 0 aliphatic rings. The Morgan fingerprint density at radius 3 is 1.18 bits per heavy atom. The van der Waals surface area contributed by atoms with E-state index >= 15 is 0 Å². The molecular weight excluding hydrogens is 721 g/mol. The highest BCUT2D eigenvalue weighted by Gasteiger charge is 2.28. The van der Waals surface area contributed by atoms with E-state index in [0.29, 0.717) is 0 Å². The first-order valence-electron chi connectivity index (χ1n) is 20.9. The fourth-order valence-corrected chi connectivity index (χ4v) is 10.8. The maximum atomic E-state index is 2.55. The van der Waals surface area contributed by atoms with Crippen molar-refractivity contribution in [3.05, 3.63) is 218 Å². The Morgan fingerprint density at radius 2 is 0.567 bits per heavy atom. The number of benzene rings is 11. The molecule has 0 saturated heterocycles. The van der Waals surface area contributed by atoms with Crippen LogP contribution in [-0.4, -0.2) is 0 Å². The normalized spacial score (nSPS) is 12.0. The summed E-state index contributed by atoms with van der Waals surface area (Å²) < 4.78 is 0. The molecule has 13 rings (SSSR count). The van der Waals surface area contributed by atoms with E-state index in [2.05, 4.69) is 218 Å². The Balaban J connectivity index is 1.35. The molecule has 0 heterocycles. The van der Waals surface area contributed by atoms with Crippen LogP contribution in [0.25, 0.3) is 131 Å². The molecule has 60 heavy (non-hydrogen) atoms. The van der Waals surface area contributed by atoms with Gasteiger partial charge in [-0.05, 0) is 137 Å². The Kier molecular flexibility index (Phi) is 7.11. The van der Waals surface area contributed by atoms with E-state index in [4.69, 9.17) is 0 Å². The van der Waals surface area contributed by atoms with Crippen molar-refractivity contribution in [3.8, 4) is 55.6 Å². The van der Waals surface area contributed by atoms with Gasteiger partial charge in [0.15, 0.2) is 0 Å². The van der Waals surface area contributed by atoms with Crippen LogP contribution in [0.3, 0.4) is 0 Å². The predicted octanol–water partition coefficient (Wildman–Crippen LogP) is 17.0. The van der Waals surface area contributed by atoms with Crippen molar-refractivity contribution >= 4 is 75.4 Å². The van der Waals surface area contributed by atoms with Crippen LogP contribution in [0, 0.1) is 0 Å². The van der Waals surface area contributed by atoms with Crippen LogP contribution in [0.4, 0.5) is 0 Å². The lowest BCUT2D eigenvalue weighted by molar-refractivity contribution is 1.61. The summed E-state index contributed by atoms with van der Waals surface area (Å²) in [4.78, 5) is 0. The van der Waals surface area contributed by atoms with Gasteiger partial charge in [0, 0.05) is 0 Å². The lowest BCUT2D eigenvalue weighted by Gasteiger charge is -2.22. The van der Waals surface area contributed by atoms with Crippen LogP contribution in [0.2, 0.25) is 0 Å². The van der Waals surface area contributed by atoms with Crippen LogP contribution in [-0.2, 0) is 0 Å². The molecule has 0 aliphatic carbocycles. The van der Waals surface area contributed by atoms with Crippen molar-refractivity contribution in [2.45, 2.75) is 0 Å². The summed E-state index contributed by atoms with van der Waals surface area (Å²) >= 11 is 0. The molecule has 13 aromatic carbocycles. The third-order valence-electron chi connectivity index (χ3n) is 13.2. The summed E-state index contributed by atoms with van der Waals surface area (Å²) in [7, 11) is 0. The fraction of sp³-hybridized carbons (Fsp3) is 0. The lowest BCUT2D eigenvalue weighted by atomic mass is 9.81. The highest BCUT2D eigenvalue weighted by atomic mass is 14.3. The van der Waals surface area contributed by atoms with Gasteiger partial charge in [-0.2, -0.15) is 0 Å². The number of fused-ring (bicyclic) bond motifs is 8. The Morgan fingerprint density at radius 1 is 0.167 bits per heavy atom. The molecule has 0 fully saturated rings. The van der Waals surface area contributed by atoms with Crippen LogP contribution in [0.1, 0.15) is 0 Å². The molecule has 0 nitrogen and oxygen atoms in total. The third-order valence-corrected chi connectivity index (χ3v) is 13.2. The molecule has 0 unspecified atom stereocenters. The number of hydrogen-bond donors (Lipinski definition) is 0. The largest absolute Gasteiger partial charge is 0.0622 e. The van der Waals surface area contributed by atoms with Gasteiger partial charge < -0.3 is 0 Å². The van der Waals surface area contributed by atoms with Gasteiger partial charge in [0.05, 0.1) is 0 Å². The first-order chi connectivity index (χ1) is 29.8. The van der Waals surface area contributed by atoms with E-state index in [9.17, 15) is 0 Å². The van der Waals surface area contributed by atoms with Gasteiger partial charge in [-0.25, -0.2) is 0 Å². The zero-order chi connectivity index (χ0) is 39.3. The first kappa shape index (κ1) is 33.2. The third kappa shape index (κ3) is 4.62. The topological polar surface area (TPSA) is 0 Å². The average Bonchev–Trinajstić information content (AvgIpc) is 3.83. The van der Waals surface area contributed by atoms with E-state index in [1.165, 1.54) is 131 Å². The average molecular weight is 757 g/mol. The SMILES string of the molecule is c1ccc(-c2ccccc2-c2c3cc4c5ccccc5c5cccc(c3c(-c3ccccc3-c3ccccc3)c3c6cccc7c(-c8ccccc8)ccc(c23)c76)c54)cc1. The minimum absolute atomic E-state index is 1.21.